The Bertz CT molecular complexity index is 528. The van der Waals surface area contributed by atoms with E-state index in [1.165, 1.54) is 31.8 Å². The largest absolute Gasteiger partial charge is 0.478 e. The molecule has 1 unspecified atom stereocenters. The first kappa shape index (κ1) is 16.1. The molecule has 1 aliphatic rings. The van der Waals surface area contributed by atoms with Crippen LogP contribution in [0.5, 0.6) is 0 Å². The lowest BCUT2D eigenvalue weighted by Gasteiger charge is -2.33. The molecule has 1 aromatic carbocycles. The van der Waals surface area contributed by atoms with E-state index in [4.69, 9.17) is 5.11 Å². The third-order valence-corrected chi connectivity index (χ3v) is 4.55. The molecule has 1 aliphatic heterocycles. The summed E-state index contributed by atoms with van der Waals surface area (Å²) in [7, 11) is 0. The minimum absolute atomic E-state index is 0.547. The molecule has 0 spiro atoms. The Morgan fingerprint density at radius 2 is 2.24 bits per heavy atom. The standard InChI is InChI=1S/C17H22BrNO2/c1-2-15-6-4-3-5-11-19(15)16-9-8-14(18)12-13(16)7-10-17(20)21/h7-10,12,15H,2-6,11H2,1H3,(H,20,21)/b10-7+. The van der Waals surface area contributed by atoms with Gasteiger partial charge < -0.3 is 10.0 Å². The molecule has 1 heterocycles. The van der Waals surface area contributed by atoms with Crippen LogP contribution in [0, 0.1) is 0 Å². The van der Waals surface area contributed by atoms with Gasteiger partial charge >= 0.3 is 5.97 Å². The second-order valence-corrected chi connectivity index (χ2v) is 6.40. The summed E-state index contributed by atoms with van der Waals surface area (Å²) < 4.78 is 0.971. The predicted octanol–water partition coefficient (Wildman–Crippen LogP) is 4.71. The maximum Gasteiger partial charge on any atom is 0.328 e. The van der Waals surface area contributed by atoms with Gasteiger partial charge in [0.25, 0.3) is 0 Å². The van der Waals surface area contributed by atoms with Gasteiger partial charge in [0.2, 0.25) is 0 Å². The first-order chi connectivity index (χ1) is 10.1. The highest BCUT2D eigenvalue weighted by Gasteiger charge is 2.21. The van der Waals surface area contributed by atoms with Crippen LogP contribution in [0.25, 0.3) is 6.08 Å². The molecule has 1 aromatic rings. The predicted molar refractivity (Wildman–Crippen MR) is 90.7 cm³/mol. The number of carbonyl (C=O) groups is 1. The normalized spacial score (nSPS) is 19.7. The number of benzene rings is 1. The first-order valence-electron chi connectivity index (χ1n) is 7.59. The Kier molecular flexibility index (Phi) is 5.85. The van der Waals surface area contributed by atoms with E-state index in [2.05, 4.69) is 33.8 Å². The molecule has 2 rings (SSSR count). The fraction of sp³-hybridized carbons (Fsp3) is 0.471. The molecule has 0 bridgehead atoms. The third-order valence-electron chi connectivity index (χ3n) is 4.05. The first-order valence-corrected chi connectivity index (χ1v) is 8.38. The Morgan fingerprint density at radius 1 is 1.43 bits per heavy atom. The second-order valence-electron chi connectivity index (χ2n) is 5.48. The second kappa shape index (κ2) is 7.64. The molecule has 0 aliphatic carbocycles. The number of aliphatic carboxylic acids is 1. The zero-order chi connectivity index (χ0) is 15.2. The van der Waals surface area contributed by atoms with Gasteiger partial charge in [-0.1, -0.05) is 35.7 Å². The van der Waals surface area contributed by atoms with Crippen LogP contribution in [0.4, 0.5) is 5.69 Å². The van der Waals surface area contributed by atoms with Gasteiger partial charge in [-0.25, -0.2) is 4.79 Å². The maximum atomic E-state index is 10.8. The van der Waals surface area contributed by atoms with Crippen molar-refractivity contribution in [1.29, 1.82) is 0 Å². The summed E-state index contributed by atoms with van der Waals surface area (Å²) >= 11 is 3.48. The SMILES string of the molecule is CCC1CCCCCN1c1ccc(Br)cc1/C=C/C(=O)O. The van der Waals surface area contributed by atoms with Crippen molar-refractivity contribution >= 4 is 33.7 Å². The van der Waals surface area contributed by atoms with Gasteiger partial charge in [-0.2, -0.15) is 0 Å². The fourth-order valence-electron chi connectivity index (χ4n) is 3.00. The van der Waals surface area contributed by atoms with Crippen molar-refractivity contribution in [3.63, 3.8) is 0 Å². The van der Waals surface area contributed by atoms with Crippen molar-refractivity contribution in [1.82, 2.24) is 0 Å². The van der Waals surface area contributed by atoms with Crippen LogP contribution < -0.4 is 4.90 Å². The topological polar surface area (TPSA) is 40.5 Å². The Hall–Kier alpha value is -1.29. The van der Waals surface area contributed by atoms with Gasteiger partial charge in [-0.3, -0.25) is 0 Å². The van der Waals surface area contributed by atoms with Crippen molar-refractivity contribution in [3.05, 3.63) is 34.3 Å². The maximum absolute atomic E-state index is 10.8. The Balaban J connectivity index is 2.38. The van der Waals surface area contributed by atoms with Crippen LogP contribution >= 0.6 is 15.9 Å². The number of carboxylic acid groups (broad SMARTS) is 1. The molecule has 0 amide bonds. The number of hydrogen-bond acceptors (Lipinski definition) is 2. The number of halogens is 1. The van der Waals surface area contributed by atoms with E-state index in [0.29, 0.717) is 6.04 Å². The number of nitrogens with zero attached hydrogens (tertiary/aromatic N) is 1. The summed E-state index contributed by atoms with van der Waals surface area (Å²) in [4.78, 5) is 13.3. The average molecular weight is 352 g/mol. The molecule has 1 saturated heterocycles. The van der Waals surface area contributed by atoms with Crippen LogP contribution in [-0.4, -0.2) is 23.7 Å². The van der Waals surface area contributed by atoms with Crippen LogP contribution in [-0.2, 0) is 4.79 Å². The summed E-state index contributed by atoms with van der Waals surface area (Å²) in [5.74, 6) is -0.913. The Labute approximate surface area is 134 Å². The van der Waals surface area contributed by atoms with Gasteiger partial charge in [0.15, 0.2) is 0 Å². The summed E-state index contributed by atoms with van der Waals surface area (Å²) in [5.41, 5.74) is 2.11. The zero-order valence-corrected chi connectivity index (χ0v) is 14.0. The van der Waals surface area contributed by atoms with Gasteiger partial charge in [0.05, 0.1) is 0 Å². The number of rotatable bonds is 4. The fourth-order valence-corrected chi connectivity index (χ4v) is 3.38. The molecule has 4 heteroatoms. The summed E-state index contributed by atoms with van der Waals surface area (Å²) in [6, 6.07) is 6.67. The van der Waals surface area contributed by atoms with E-state index >= 15 is 0 Å². The molecular weight excluding hydrogens is 330 g/mol. The smallest absolute Gasteiger partial charge is 0.328 e. The van der Waals surface area contributed by atoms with Gasteiger partial charge in [-0.15, -0.1) is 0 Å². The molecule has 3 nitrogen and oxygen atoms in total. The molecule has 0 aromatic heterocycles. The molecule has 1 N–H and O–H groups in total. The lowest BCUT2D eigenvalue weighted by molar-refractivity contribution is -0.131. The highest BCUT2D eigenvalue weighted by Crippen LogP contribution is 2.31. The molecule has 114 valence electrons. The number of hydrogen-bond donors (Lipinski definition) is 1. The van der Waals surface area contributed by atoms with E-state index in [9.17, 15) is 4.79 Å². The lowest BCUT2D eigenvalue weighted by Crippen LogP contribution is -2.34. The minimum Gasteiger partial charge on any atom is -0.478 e. The van der Waals surface area contributed by atoms with Crippen molar-refractivity contribution in [2.45, 2.75) is 45.1 Å². The molecule has 1 atom stereocenters. The van der Waals surface area contributed by atoms with E-state index in [1.807, 2.05) is 12.1 Å². The van der Waals surface area contributed by atoms with Crippen LogP contribution in [0.15, 0.2) is 28.7 Å². The van der Waals surface area contributed by atoms with Crippen LogP contribution in [0.1, 0.15) is 44.6 Å². The number of carboxylic acids is 1. The summed E-state index contributed by atoms with van der Waals surface area (Å²) in [6.07, 6.45) is 9.02. The third kappa shape index (κ3) is 4.34. The molecule has 1 fully saturated rings. The van der Waals surface area contributed by atoms with Crippen molar-refractivity contribution in [2.75, 3.05) is 11.4 Å². The minimum atomic E-state index is -0.913. The van der Waals surface area contributed by atoms with Gasteiger partial charge in [-0.05, 0) is 49.1 Å². The number of anilines is 1. The van der Waals surface area contributed by atoms with E-state index in [1.54, 1.807) is 6.08 Å². The summed E-state index contributed by atoms with van der Waals surface area (Å²) in [5, 5.41) is 8.88. The molecule has 0 saturated carbocycles. The Morgan fingerprint density at radius 3 is 2.95 bits per heavy atom. The van der Waals surface area contributed by atoms with Crippen molar-refractivity contribution < 1.29 is 9.90 Å². The molecular formula is C17H22BrNO2. The van der Waals surface area contributed by atoms with E-state index in [-0.39, 0.29) is 0 Å². The van der Waals surface area contributed by atoms with E-state index in [0.717, 1.165) is 28.7 Å². The highest BCUT2D eigenvalue weighted by molar-refractivity contribution is 9.10. The van der Waals surface area contributed by atoms with E-state index < -0.39 is 5.97 Å². The van der Waals surface area contributed by atoms with Gasteiger partial charge in [0, 0.05) is 28.8 Å². The average Bonchev–Trinajstić information content (AvgIpc) is 2.70. The summed E-state index contributed by atoms with van der Waals surface area (Å²) in [6.45, 7) is 3.28. The molecule has 21 heavy (non-hydrogen) atoms. The van der Waals surface area contributed by atoms with Crippen molar-refractivity contribution in [3.8, 4) is 0 Å². The monoisotopic (exact) mass is 351 g/mol. The van der Waals surface area contributed by atoms with Crippen LogP contribution in [0.3, 0.4) is 0 Å². The molecule has 0 radical (unpaired) electrons. The zero-order valence-electron chi connectivity index (χ0n) is 12.4. The van der Waals surface area contributed by atoms with Crippen molar-refractivity contribution in [2.24, 2.45) is 0 Å². The van der Waals surface area contributed by atoms with Crippen LogP contribution in [0.2, 0.25) is 0 Å². The quantitative estimate of drug-likeness (QED) is 0.798. The van der Waals surface area contributed by atoms with Gasteiger partial charge in [0.1, 0.15) is 0 Å². The lowest BCUT2D eigenvalue weighted by atomic mass is 10.0. The highest BCUT2D eigenvalue weighted by atomic mass is 79.9.